The molecular formula is C28H32ClN3O5S2. The van der Waals surface area contributed by atoms with Gasteiger partial charge in [0.05, 0.1) is 16.3 Å². The third-order valence-corrected chi connectivity index (χ3v) is 10.5. The molecule has 3 aromatic carbocycles. The molecule has 0 atom stereocenters. The number of sulfonamides is 2. The van der Waals surface area contributed by atoms with E-state index in [1.54, 1.807) is 60.7 Å². The Kier molecular flexibility index (Phi) is 9.45. The van der Waals surface area contributed by atoms with E-state index in [0.717, 1.165) is 29.1 Å². The summed E-state index contributed by atoms with van der Waals surface area (Å²) in [4.78, 5) is 13.2. The lowest BCUT2D eigenvalue weighted by molar-refractivity contribution is -0.121. The monoisotopic (exact) mass is 589 g/mol. The fourth-order valence-electron chi connectivity index (χ4n) is 4.37. The Morgan fingerprint density at radius 3 is 2.15 bits per heavy atom. The van der Waals surface area contributed by atoms with Gasteiger partial charge in [0.15, 0.2) is 0 Å². The minimum absolute atomic E-state index is 0.0345. The van der Waals surface area contributed by atoms with E-state index in [-0.39, 0.29) is 22.9 Å². The normalized spacial score (nSPS) is 14.8. The SMILES string of the molecule is Cc1ccc(S(=O)(=O)N(CC(=O)NCc2ccc(S(=O)(=O)N3CCCCC3)cc2)Cc2cccc(Cl)c2)cc1. The van der Waals surface area contributed by atoms with Gasteiger partial charge in [0, 0.05) is 31.2 Å². The van der Waals surface area contributed by atoms with Crippen LogP contribution in [0.25, 0.3) is 0 Å². The Labute approximate surface area is 235 Å². The predicted molar refractivity (Wildman–Crippen MR) is 151 cm³/mol. The Morgan fingerprint density at radius 1 is 0.872 bits per heavy atom. The summed E-state index contributed by atoms with van der Waals surface area (Å²) in [5.41, 5.74) is 2.27. The van der Waals surface area contributed by atoms with E-state index in [0.29, 0.717) is 29.2 Å². The van der Waals surface area contributed by atoms with Crippen molar-refractivity contribution < 1.29 is 21.6 Å². The van der Waals surface area contributed by atoms with E-state index in [2.05, 4.69) is 5.32 Å². The maximum absolute atomic E-state index is 13.5. The van der Waals surface area contributed by atoms with Crippen molar-refractivity contribution in [2.45, 2.75) is 49.1 Å². The molecule has 4 rings (SSSR count). The summed E-state index contributed by atoms with van der Waals surface area (Å²) < 4.78 is 55.3. The van der Waals surface area contributed by atoms with Crippen molar-refractivity contribution in [1.29, 1.82) is 0 Å². The molecule has 0 aliphatic carbocycles. The largest absolute Gasteiger partial charge is 0.351 e. The molecule has 1 aliphatic rings. The van der Waals surface area contributed by atoms with E-state index < -0.39 is 32.5 Å². The predicted octanol–water partition coefficient (Wildman–Crippen LogP) is 4.33. The fourth-order valence-corrected chi connectivity index (χ4v) is 7.49. The number of hydrogen-bond acceptors (Lipinski definition) is 5. The number of rotatable bonds is 10. The summed E-state index contributed by atoms with van der Waals surface area (Å²) in [7, 11) is -7.52. The molecule has 0 unspecified atom stereocenters. The van der Waals surface area contributed by atoms with Crippen LogP contribution in [0.4, 0.5) is 0 Å². The molecule has 0 bridgehead atoms. The molecule has 39 heavy (non-hydrogen) atoms. The second-order valence-corrected chi connectivity index (χ2v) is 13.9. The van der Waals surface area contributed by atoms with Crippen LogP contribution in [-0.2, 0) is 37.9 Å². The molecular weight excluding hydrogens is 558 g/mol. The number of hydrogen-bond donors (Lipinski definition) is 1. The molecule has 208 valence electrons. The van der Waals surface area contributed by atoms with Crippen molar-refractivity contribution in [3.8, 4) is 0 Å². The van der Waals surface area contributed by atoms with Crippen molar-refractivity contribution in [1.82, 2.24) is 13.9 Å². The van der Waals surface area contributed by atoms with Crippen LogP contribution in [0.3, 0.4) is 0 Å². The molecule has 0 spiro atoms. The molecule has 11 heteroatoms. The number of halogens is 1. The van der Waals surface area contributed by atoms with E-state index in [1.165, 1.54) is 16.4 Å². The van der Waals surface area contributed by atoms with Gasteiger partial charge in [-0.25, -0.2) is 16.8 Å². The van der Waals surface area contributed by atoms with Gasteiger partial charge in [-0.2, -0.15) is 8.61 Å². The first kappa shape index (κ1) is 29.2. The highest BCUT2D eigenvalue weighted by Crippen LogP contribution is 2.22. The molecule has 8 nitrogen and oxygen atoms in total. The van der Waals surface area contributed by atoms with E-state index in [4.69, 9.17) is 11.6 Å². The van der Waals surface area contributed by atoms with E-state index >= 15 is 0 Å². The summed E-state index contributed by atoms with van der Waals surface area (Å²) in [6.45, 7) is 2.60. The Morgan fingerprint density at radius 2 is 1.51 bits per heavy atom. The van der Waals surface area contributed by atoms with Gasteiger partial charge in [-0.05, 0) is 67.3 Å². The zero-order valence-electron chi connectivity index (χ0n) is 21.7. The van der Waals surface area contributed by atoms with Crippen molar-refractivity contribution in [2.75, 3.05) is 19.6 Å². The maximum Gasteiger partial charge on any atom is 0.243 e. The van der Waals surface area contributed by atoms with Crippen LogP contribution in [0.1, 0.15) is 36.0 Å². The van der Waals surface area contributed by atoms with E-state index in [1.807, 2.05) is 6.92 Å². The van der Waals surface area contributed by atoms with Gasteiger partial charge in [-0.1, -0.05) is 60.0 Å². The number of aryl methyl sites for hydroxylation is 1. The first-order valence-corrected chi connectivity index (χ1v) is 16.0. The van der Waals surface area contributed by atoms with Gasteiger partial charge in [0.25, 0.3) is 0 Å². The van der Waals surface area contributed by atoms with Crippen LogP contribution in [0.15, 0.2) is 82.6 Å². The molecule has 0 saturated carbocycles. The summed E-state index contributed by atoms with van der Waals surface area (Å²) in [5, 5.41) is 3.22. The number of nitrogens with zero attached hydrogens (tertiary/aromatic N) is 2. The second-order valence-electron chi connectivity index (χ2n) is 9.60. The standard InChI is InChI=1S/C28H32ClN3O5S2/c1-22-8-12-26(13-9-22)39(36,37)32(20-24-6-5-7-25(29)18-24)21-28(33)30-19-23-10-14-27(15-11-23)38(34,35)31-16-3-2-4-17-31/h5-15,18H,2-4,16-17,19-21H2,1H3,(H,30,33). The molecule has 1 aliphatic heterocycles. The lowest BCUT2D eigenvalue weighted by atomic mass is 10.2. The molecule has 1 heterocycles. The minimum atomic E-state index is -3.98. The van der Waals surface area contributed by atoms with Crippen LogP contribution in [0.5, 0.6) is 0 Å². The third-order valence-electron chi connectivity index (χ3n) is 6.59. The topological polar surface area (TPSA) is 104 Å². The number of carbonyl (C=O) groups excluding carboxylic acids is 1. The van der Waals surface area contributed by atoms with Gasteiger partial charge in [0.1, 0.15) is 0 Å². The lowest BCUT2D eigenvalue weighted by Crippen LogP contribution is -2.40. The van der Waals surface area contributed by atoms with Crippen molar-refractivity contribution >= 4 is 37.6 Å². The van der Waals surface area contributed by atoms with Crippen molar-refractivity contribution in [2.24, 2.45) is 0 Å². The van der Waals surface area contributed by atoms with Gasteiger partial charge in [-0.3, -0.25) is 4.79 Å². The lowest BCUT2D eigenvalue weighted by Gasteiger charge is -2.25. The summed E-state index contributed by atoms with van der Waals surface area (Å²) in [6, 6.07) is 19.7. The van der Waals surface area contributed by atoms with Gasteiger partial charge in [0.2, 0.25) is 26.0 Å². The summed E-state index contributed by atoms with van der Waals surface area (Å²) in [5.74, 6) is -0.488. The zero-order chi connectivity index (χ0) is 28.0. The van der Waals surface area contributed by atoms with Crippen LogP contribution >= 0.6 is 11.6 Å². The minimum Gasteiger partial charge on any atom is -0.351 e. The molecule has 1 N–H and O–H groups in total. The van der Waals surface area contributed by atoms with Crippen LogP contribution in [0.2, 0.25) is 5.02 Å². The second kappa shape index (κ2) is 12.6. The molecule has 1 saturated heterocycles. The van der Waals surface area contributed by atoms with Crippen LogP contribution < -0.4 is 5.32 Å². The summed E-state index contributed by atoms with van der Waals surface area (Å²) >= 11 is 6.10. The van der Waals surface area contributed by atoms with Gasteiger partial charge in [-0.15, -0.1) is 0 Å². The molecule has 1 amide bonds. The maximum atomic E-state index is 13.5. The first-order valence-electron chi connectivity index (χ1n) is 12.7. The smallest absolute Gasteiger partial charge is 0.243 e. The molecule has 0 radical (unpaired) electrons. The zero-order valence-corrected chi connectivity index (χ0v) is 24.1. The first-order chi connectivity index (χ1) is 18.6. The number of benzene rings is 3. The number of piperidine rings is 1. The Balaban J connectivity index is 1.45. The third kappa shape index (κ3) is 7.46. The van der Waals surface area contributed by atoms with Crippen LogP contribution in [0, 0.1) is 6.92 Å². The number of nitrogens with one attached hydrogen (secondary N) is 1. The highest BCUT2D eigenvalue weighted by molar-refractivity contribution is 7.89. The quantitative estimate of drug-likeness (QED) is 0.379. The average molecular weight is 590 g/mol. The molecule has 1 fully saturated rings. The fraction of sp³-hybridized carbons (Fsp3) is 0.321. The van der Waals surface area contributed by atoms with Gasteiger partial charge < -0.3 is 5.32 Å². The van der Waals surface area contributed by atoms with Crippen LogP contribution in [-0.4, -0.2) is 51.0 Å². The van der Waals surface area contributed by atoms with E-state index in [9.17, 15) is 21.6 Å². The number of amides is 1. The average Bonchev–Trinajstić information content (AvgIpc) is 2.92. The Bertz CT molecular complexity index is 1500. The molecule has 3 aromatic rings. The van der Waals surface area contributed by atoms with Gasteiger partial charge >= 0.3 is 0 Å². The van der Waals surface area contributed by atoms with Crippen molar-refractivity contribution in [3.63, 3.8) is 0 Å². The number of carbonyl (C=O) groups is 1. The highest BCUT2D eigenvalue weighted by atomic mass is 35.5. The Hall–Kier alpha value is -2.76. The highest BCUT2D eigenvalue weighted by Gasteiger charge is 2.28. The van der Waals surface area contributed by atoms with Crippen molar-refractivity contribution in [3.05, 3.63) is 94.5 Å². The molecule has 0 aromatic heterocycles. The summed E-state index contributed by atoms with van der Waals surface area (Å²) in [6.07, 6.45) is 2.75.